The number of carbonyl (C=O) groups excluding carboxylic acids is 2. The molecule has 4 aromatic rings. The molecule has 41 heavy (non-hydrogen) atoms. The van der Waals surface area contributed by atoms with Crippen LogP contribution in [0.5, 0.6) is 17.2 Å². The molecule has 1 fully saturated rings. The van der Waals surface area contributed by atoms with Crippen molar-refractivity contribution in [1.82, 2.24) is 14.4 Å². The highest BCUT2D eigenvalue weighted by molar-refractivity contribution is 6.30. The number of amides is 2. The van der Waals surface area contributed by atoms with E-state index in [-0.39, 0.29) is 18.4 Å². The van der Waals surface area contributed by atoms with E-state index >= 15 is 0 Å². The number of benzene rings is 3. The minimum atomic E-state index is -0.116. The van der Waals surface area contributed by atoms with Crippen LogP contribution in [0.4, 0.5) is 0 Å². The molecule has 212 valence electrons. The van der Waals surface area contributed by atoms with E-state index < -0.39 is 0 Å². The topological polar surface area (TPSA) is 73.2 Å². The van der Waals surface area contributed by atoms with Gasteiger partial charge in [-0.05, 0) is 79.2 Å². The van der Waals surface area contributed by atoms with Gasteiger partial charge in [0, 0.05) is 48.6 Å². The van der Waals surface area contributed by atoms with E-state index in [1.54, 1.807) is 48.3 Å². The van der Waals surface area contributed by atoms with E-state index in [9.17, 15) is 9.59 Å². The predicted octanol–water partition coefficient (Wildman–Crippen LogP) is 5.49. The third-order valence-electron chi connectivity index (χ3n) is 7.27. The Labute approximate surface area is 244 Å². The fraction of sp³-hybridized carbons (Fsp3) is 0.250. The van der Waals surface area contributed by atoms with Crippen molar-refractivity contribution in [1.29, 1.82) is 0 Å². The summed E-state index contributed by atoms with van der Waals surface area (Å²) < 4.78 is 18.5. The predicted molar refractivity (Wildman–Crippen MR) is 158 cm³/mol. The van der Waals surface area contributed by atoms with Gasteiger partial charge in [0.1, 0.15) is 17.2 Å². The molecule has 9 heteroatoms. The number of hydrogen-bond acceptors (Lipinski definition) is 5. The molecular weight excluding hydrogens is 542 g/mol. The summed E-state index contributed by atoms with van der Waals surface area (Å²) in [6.07, 6.45) is 0. The quantitative estimate of drug-likeness (QED) is 0.279. The van der Waals surface area contributed by atoms with Gasteiger partial charge in [-0.25, -0.2) is 0 Å². The van der Waals surface area contributed by atoms with Gasteiger partial charge in [-0.2, -0.15) is 0 Å². The van der Waals surface area contributed by atoms with Crippen LogP contribution in [-0.4, -0.2) is 73.2 Å². The van der Waals surface area contributed by atoms with Crippen LogP contribution in [0.25, 0.3) is 16.9 Å². The first kappa shape index (κ1) is 28.1. The van der Waals surface area contributed by atoms with Crippen molar-refractivity contribution >= 4 is 23.4 Å². The Kier molecular flexibility index (Phi) is 8.50. The molecule has 1 aliphatic heterocycles. The number of halogens is 1. The van der Waals surface area contributed by atoms with Crippen LogP contribution in [0, 0.1) is 6.92 Å². The summed E-state index contributed by atoms with van der Waals surface area (Å²) in [5.41, 5.74) is 4.16. The normalized spacial score (nSPS) is 13.2. The van der Waals surface area contributed by atoms with Crippen molar-refractivity contribution in [2.75, 3.05) is 47.0 Å². The Morgan fingerprint density at radius 2 is 1.41 bits per heavy atom. The van der Waals surface area contributed by atoms with Gasteiger partial charge in [0.2, 0.25) is 0 Å². The molecule has 1 aliphatic rings. The summed E-state index contributed by atoms with van der Waals surface area (Å²) in [4.78, 5) is 30.1. The van der Waals surface area contributed by atoms with Gasteiger partial charge in [0.15, 0.2) is 6.61 Å². The standard InChI is InChI=1S/C32H32ClN3O5/c1-22-29(32(38)35-17-15-34(16-18-35)31(37)21-41-27-13-9-24(33)10-14-27)20-30(23-7-11-26(39-2)12-8-23)36(22)25-5-4-6-28(19-25)40-3/h4-14,19-20H,15-18,21H2,1-3H3. The van der Waals surface area contributed by atoms with Gasteiger partial charge in [0.25, 0.3) is 11.8 Å². The highest BCUT2D eigenvalue weighted by Gasteiger charge is 2.28. The molecule has 3 aromatic carbocycles. The Hall–Kier alpha value is -4.43. The average Bonchev–Trinajstić information content (AvgIpc) is 3.37. The van der Waals surface area contributed by atoms with E-state index in [1.807, 2.05) is 61.5 Å². The van der Waals surface area contributed by atoms with Crippen molar-refractivity contribution in [3.05, 3.63) is 95.1 Å². The zero-order chi connectivity index (χ0) is 28.9. The van der Waals surface area contributed by atoms with Crippen molar-refractivity contribution in [3.8, 4) is 34.2 Å². The van der Waals surface area contributed by atoms with E-state index in [1.165, 1.54) is 0 Å². The summed E-state index contributed by atoms with van der Waals surface area (Å²) in [6, 6.07) is 24.4. The maximum atomic E-state index is 13.8. The molecule has 0 atom stereocenters. The summed E-state index contributed by atoms with van der Waals surface area (Å²) in [6.45, 7) is 3.64. The number of ether oxygens (including phenoxy) is 3. The SMILES string of the molecule is COc1ccc(-c2cc(C(=O)N3CCN(C(=O)COc4ccc(Cl)cc4)CC3)c(C)n2-c2cccc(OC)c2)cc1. The minimum Gasteiger partial charge on any atom is -0.497 e. The minimum absolute atomic E-state index is 0.0662. The molecule has 8 nitrogen and oxygen atoms in total. The number of nitrogens with zero attached hydrogens (tertiary/aromatic N) is 3. The van der Waals surface area contributed by atoms with Crippen LogP contribution in [0.1, 0.15) is 16.1 Å². The van der Waals surface area contributed by atoms with E-state index in [4.69, 9.17) is 25.8 Å². The maximum absolute atomic E-state index is 13.8. The van der Waals surface area contributed by atoms with Crippen molar-refractivity contribution < 1.29 is 23.8 Å². The lowest BCUT2D eigenvalue weighted by Gasteiger charge is -2.34. The monoisotopic (exact) mass is 573 g/mol. The Balaban J connectivity index is 1.34. The summed E-state index contributed by atoms with van der Waals surface area (Å²) in [7, 11) is 3.27. The van der Waals surface area contributed by atoms with Gasteiger partial charge in [-0.15, -0.1) is 0 Å². The van der Waals surface area contributed by atoms with Crippen LogP contribution in [0.3, 0.4) is 0 Å². The summed E-state index contributed by atoms with van der Waals surface area (Å²) >= 11 is 5.91. The molecule has 1 saturated heterocycles. The lowest BCUT2D eigenvalue weighted by Crippen LogP contribution is -2.51. The molecule has 0 saturated carbocycles. The number of aromatic nitrogens is 1. The van der Waals surface area contributed by atoms with E-state index in [0.29, 0.717) is 42.5 Å². The molecular formula is C32H32ClN3O5. The molecule has 0 spiro atoms. The number of rotatable bonds is 8. The molecule has 0 radical (unpaired) electrons. The lowest BCUT2D eigenvalue weighted by atomic mass is 10.1. The third-order valence-corrected chi connectivity index (χ3v) is 7.52. The highest BCUT2D eigenvalue weighted by atomic mass is 35.5. The van der Waals surface area contributed by atoms with Crippen molar-refractivity contribution in [3.63, 3.8) is 0 Å². The first-order valence-electron chi connectivity index (χ1n) is 13.3. The zero-order valence-electron chi connectivity index (χ0n) is 23.3. The number of piperazine rings is 1. The van der Waals surface area contributed by atoms with Crippen LogP contribution in [0.15, 0.2) is 78.9 Å². The van der Waals surface area contributed by atoms with Gasteiger partial charge in [0.05, 0.1) is 25.5 Å². The summed E-state index contributed by atoms with van der Waals surface area (Å²) in [5, 5.41) is 0.606. The zero-order valence-corrected chi connectivity index (χ0v) is 24.1. The maximum Gasteiger partial charge on any atom is 0.260 e. The second-order valence-electron chi connectivity index (χ2n) is 9.71. The molecule has 5 rings (SSSR count). The fourth-order valence-electron chi connectivity index (χ4n) is 4.98. The van der Waals surface area contributed by atoms with E-state index in [0.717, 1.165) is 34.1 Å². The average molecular weight is 574 g/mol. The number of carbonyl (C=O) groups is 2. The molecule has 0 bridgehead atoms. The van der Waals surface area contributed by atoms with Gasteiger partial charge >= 0.3 is 0 Å². The fourth-order valence-corrected chi connectivity index (χ4v) is 5.10. The van der Waals surface area contributed by atoms with Crippen molar-refractivity contribution in [2.45, 2.75) is 6.92 Å². The van der Waals surface area contributed by atoms with Crippen molar-refractivity contribution in [2.24, 2.45) is 0 Å². The van der Waals surface area contributed by atoms with Crippen LogP contribution >= 0.6 is 11.6 Å². The molecule has 0 N–H and O–H groups in total. The largest absolute Gasteiger partial charge is 0.497 e. The Morgan fingerprint density at radius 1 is 0.780 bits per heavy atom. The van der Waals surface area contributed by atoms with Crippen LogP contribution in [0.2, 0.25) is 5.02 Å². The first-order valence-corrected chi connectivity index (χ1v) is 13.7. The molecule has 0 aliphatic carbocycles. The second-order valence-corrected chi connectivity index (χ2v) is 10.1. The van der Waals surface area contributed by atoms with Crippen LogP contribution in [-0.2, 0) is 4.79 Å². The second kappa shape index (κ2) is 12.4. The van der Waals surface area contributed by atoms with Gasteiger partial charge < -0.3 is 28.6 Å². The van der Waals surface area contributed by atoms with Crippen LogP contribution < -0.4 is 14.2 Å². The summed E-state index contributed by atoms with van der Waals surface area (Å²) in [5.74, 6) is 1.88. The molecule has 1 aromatic heterocycles. The number of methoxy groups -OCH3 is 2. The smallest absolute Gasteiger partial charge is 0.260 e. The lowest BCUT2D eigenvalue weighted by molar-refractivity contribution is -0.134. The Bertz CT molecular complexity index is 1520. The first-order chi connectivity index (χ1) is 19.9. The van der Waals surface area contributed by atoms with E-state index in [2.05, 4.69) is 4.57 Å². The molecule has 2 amide bonds. The third kappa shape index (κ3) is 6.18. The Morgan fingerprint density at radius 3 is 2.07 bits per heavy atom. The molecule has 0 unspecified atom stereocenters. The van der Waals surface area contributed by atoms with Gasteiger partial charge in [-0.1, -0.05) is 17.7 Å². The number of hydrogen-bond donors (Lipinski definition) is 0. The van der Waals surface area contributed by atoms with Gasteiger partial charge in [-0.3, -0.25) is 9.59 Å². The highest BCUT2D eigenvalue weighted by Crippen LogP contribution is 2.32. The molecule has 2 heterocycles.